The van der Waals surface area contributed by atoms with Crippen molar-refractivity contribution in [2.24, 2.45) is 11.7 Å². The van der Waals surface area contributed by atoms with Crippen LogP contribution in [0.1, 0.15) is 54.2 Å². The molecule has 0 radical (unpaired) electrons. The first-order chi connectivity index (χ1) is 12.6. The Kier molecular flexibility index (Phi) is 6.11. The molecule has 0 aliphatic heterocycles. The summed E-state index contributed by atoms with van der Waals surface area (Å²) in [6.07, 6.45) is 6.09. The minimum absolute atomic E-state index is 0.0610. The largest absolute Gasteiger partial charge is 0.497 e. The van der Waals surface area contributed by atoms with E-state index in [1.165, 1.54) is 30.6 Å². The lowest BCUT2D eigenvalue weighted by molar-refractivity contribution is 0.102. The summed E-state index contributed by atoms with van der Waals surface area (Å²) in [5, 5.41) is 5.34. The third-order valence-corrected chi connectivity index (χ3v) is 5.63. The highest BCUT2D eigenvalue weighted by Gasteiger charge is 2.24. The predicted octanol–water partition coefficient (Wildman–Crippen LogP) is 3.99. The number of ether oxygens (including phenoxy) is 2. The van der Waals surface area contributed by atoms with Crippen LogP contribution < -0.4 is 20.5 Å². The Bertz CT molecular complexity index is 734. The van der Waals surface area contributed by atoms with Gasteiger partial charge in [0.1, 0.15) is 11.5 Å². The second-order valence-electron chi connectivity index (χ2n) is 6.56. The zero-order valence-corrected chi connectivity index (χ0v) is 16.0. The van der Waals surface area contributed by atoms with E-state index in [4.69, 9.17) is 15.2 Å². The van der Waals surface area contributed by atoms with Gasteiger partial charge in [0.05, 0.1) is 26.0 Å². The van der Waals surface area contributed by atoms with E-state index < -0.39 is 0 Å². The molecule has 3 rings (SSSR count). The number of carbonyl (C=O) groups excluding carboxylic acids is 1. The van der Waals surface area contributed by atoms with E-state index >= 15 is 0 Å². The van der Waals surface area contributed by atoms with E-state index in [1.54, 1.807) is 32.4 Å². The van der Waals surface area contributed by atoms with Crippen LogP contribution in [0, 0.1) is 5.92 Å². The normalized spacial score (nSPS) is 16.1. The molecule has 0 bridgehead atoms. The van der Waals surface area contributed by atoms with Gasteiger partial charge in [-0.25, -0.2) is 4.98 Å². The van der Waals surface area contributed by atoms with E-state index in [-0.39, 0.29) is 11.9 Å². The van der Waals surface area contributed by atoms with Crippen molar-refractivity contribution in [1.29, 1.82) is 0 Å². The fraction of sp³-hybridized carbons (Fsp3) is 0.474. The SMILES string of the molecule is COc1cc(OC)cc(C(=O)Nc2nc(C(N)C3CCCCC3)cs2)c1. The minimum atomic E-state index is -0.255. The number of nitrogens with two attached hydrogens (primary N) is 1. The molecular weight excluding hydrogens is 350 g/mol. The maximum Gasteiger partial charge on any atom is 0.257 e. The van der Waals surface area contributed by atoms with E-state index in [0.29, 0.717) is 28.1 Å². The van der Waals surface area contributed by atoms with Crippen LogP contribution in [0.5, 0.6) is 11.5 Å². The molecule has 7 heteroatoms. The molecule has 1 aliphatic rings. The highest BCUT2D eigenvalue weighted by molar-refractivity contribution is 7.14. The topological polar surface area (TPSA) is 86.5 Å². The molecule has 1 atom stereocenters. The molecule has 140 valence electrons. The molecule has 3 N–H and O–H groups in total. The van der Waals surface area contributed by atoms with E-state index in [2.05, 4.69) is 10.3 Å². The molecule has 1 aromatic carbocycles. The average Bonchev–Trinajstić information content (AvgIpc) is 3.15. The number of nitrogens with one attached hydrogen (secondary N) is 1. The third-order valence-electron chi connectivity index (χ3n) is 4.86. The van der Waals surface area contributed by atoms with E-state index in [9.17, 15) is 4.79 Å². The number of thiazole rings is 1. The Morgan fingerprint density at radius 3 is 2.46 bits per heavy atom. The van der Waals surface area contributed by atoms with Crippen LogP contribution in [-0.2, 0) is 0 Å². The van der Waals surface area contributed by atoms with E-state index in [0.717, 1.165) is 18.5 Å². The molecule has 2 aromatic rings. The fourth-order valence-electron chi connectivity index (χ4n) is 3.34. The molecule has 1 aromatic heterocycles. The molecule has 1 fully saturated rings. The van der Waals surface area contributed by atoms with Crippen LogP contribution in [0.2, 0.25) is 0 Å². The van der Waals surface area contributed by atoms with Crippen LogP contribution in [0.25, 0.3) is 0 Å². The Hall–Kier alpha value is -2.12. The van der Waals surface area contributed by atoms with Crippen molar-refractivity contribution >= 4 is 22.4 Å². The van der Waals surface area contributed by atoms with E-state index in [1.807, 2.05) is 5.38 Å². The van der Waals surface area contributed by atoms with Gasteiger partial charge in [0.15, 0.2) is 5.13 Å². The Morgan fingerprint density at radius 1 is 1.19 bits per heavy atom. The zero-order chi connectivity index (χ0) is 18.5. The minimum Gasteiger partial charge on any atom is -0.497 e. The smallest absolute Gasteiger partial charge is 0.257 e. The number of methoxy groups -OCH3 is 2. The maximum absolute atomic E-state index is 12.5. The highest BCUT2D eigenvalue weighted by atomic mass is 32.1. The van der Waals surface area contributed by atoms with Crippen molar-refractivity contribution in [3.8, 4) is 11.5 Å². The van der Waals surface area contributed by atoms with Crippen LogP contribution >= 0.6 is 11.3 Å². The molecule has 0 saturated heterocycles. The van der Waals surface area contributed by atoms with Gasteiger partial charge in [0.25, 0.3) is 5.91 Å². The van der Waals surface area contributed by atoms with Crippen LogP contribution in [-0.4, -0.2) is 25.1 Å². The first-order valence-electron chi connectivity index (χ1n) is 8.86. The van der Waals surface area contributed by atoms with Gasteiger partial charge >= 0.3 is 0 Å². The Morgan fingerprint density at radius 2 is 1.85 bits per heavy atom. The third kappa shape index (κ3) is 4.34. The van der Waals surface area contributed by atoms with Gasteiger partial charge in [0, 0.05) is 17.0 Å². The fourth-order valence-corrected chi connectivity index (χ4v) is 4.09. The number of amides is 1. The van der Waals surface area contributed by atoms with Gasteiger partial charge < -0.3 is 15.2 Å². The number of hydrogen-bond acceptors (Lipinski definition) is 6. The molecule has 26 heavy (non-hydrogen) atoms. The lowest BCUT2D eigenvalue weighted by Gasteiger charge is -2.26. The van der Waals surface area contributed by atoms with Crippen LogP contribution in [0.3, 0.4) is 0 Å². The summed E-state index contributed by atoms with van der Waals surface area (Å²) in [5.41, 5.74) is 7.71. The number of anilines is 1. The molecule has 1 aliphatic carbocycles. The van der Waals surface area contributed by atoms with Crippen molar-refractivity contribution in [1.82, 2.24) is 4.98 Å². The van der Waals surface area contributed by atoms with Crippen molar-refractivity contribution in [3.05, 3.63) is 34.8 Å². The summed E-state index contributed by atoms with van der Waals surface area (Å²) in [4.78, 5) is 17.1. The van der Waals surface area contributed by atoms with Gasteiger partial charge in [-0.15, -0.1) is 11.3 Å². The molecular formula is C19H25N3O3S. The monoisotopic (exact) mass is 375 g/mol. The Balaban J connectivity index is 1.69. The number of hydrogen-bond donors (Lipinski definition) is 2. The molecule has 1 unspecified atom stereocenters. The summed E-state index contributed by atoms with van der Waals surface area (Å²) in [6, 6.07) is 5.00. The zero-order valence-electron chi connectivity index (χ0n) is 15.2. The van der Waals surface area contributed by atoms with Crippen LogP contribution in [0.4, 0.5) is 5.13 Å². The summed E-state index contributed by atoms with van der Waals surface area (Å²) in [6.45, 7) is 0. The Labute approximate surface area is 157 Å². The number of carbonyl (C=O) groups is 1. The standard InChI is InChI=1S/C19H25N3O3S/c1-24-14-8-13(9-15(10-14)25-2)18(23)22-19-21-16(11-26-19)17(20)12-6-4-3-5-7-12/h8-12,17H,3-7,20H2,1-2H3,(H,21,22,23). The number of aromatic nitrogens is 1. The average molecular weight is 375 g/mol. The van der Waals surface area contributed by atoms with Gasteiger partial charge in [-0.2, -0.15) is 0 Å². The first-order valence-corrected chi connectivity index (χ1v) is 9.74. The molecule has 6 nitrogen and oxygen atoms in total. The summed E-state index contributed by atoms with van der Waals surface area (Å²) in [5.74, 6) is 1.36. The lowest BCUT2D eigenvalue weighted by atomic mass is 9.83. The van der Waals surface area contributed by atoms with Gasteiger partial charge in [-0.1, -0.05) is 19.3 Å². The van der Waals surface area contributed by atoms with Gasteiger partial charge in [0.2, 0.25) is 0 Å². The van der Waals surface area contributed by atoms with Gasteiger partial charge in [-0.05, 0) is 30.9 Å². The molecule has 1 amide bonds. The highest BCUT2D eigenvalue weighted by Crippen LogP contribution is 2.34. The molecule has 1 heterocycles. The second-order valence-corrected chi connectivity index (χ2v) is 7.41. The van der Waals surface area contributed by atoms with Crippen molar-refractivity contribution in [2.75, 3.05) is 19.5 Å². The first kappa shape index (κ1) is 18.7. The summed E-state index contributed by atoms with van der Waals surface area (Å²) < 4.78 is 10.4. The number of benzene rings is 1. The van der Waals surface area contributed by atoms with Gasteiger partial charge in [-0.3, -0.25) is 10.1 Å². The molecule has 0 spiro atoms. The van der Waals surface area contributed by atoms with Crippen molar-refractivity contribution < 1.29 is 14.3 Å². The number of nitrogens with zero attached hydrogens (tertiary/aromatic N) is 1. The van der Waals surface area contributed by atoms with Crippen LogP contribution in [0.15, 0.2) is 23.6 Å². The number of rotatable bonds is 6. The predicted molar refractivity (Wildman–Crippen MR) is 103 cm³/mol. The van der Waals surface area contributed by atoms with Crippen molar-refractivity contribution in [3.63, 3.8) is 0 Å². The summed E-state index contributed by atoms with van der Waals surface area (Å²) >= 11 is 1.40. The summed E-state index contributed by atoms with van der Waals surface area (Å²) in [7, 11) is 3.10. The quantitative estimate of drug-likeness (QED) is 0.797. The molecule has 1 saturated carbocycles. The maximum atomic E-state index is 12.5. The second kappa shape index (κ2) is 8.51. The van der Waals surface area contributed by atoms with Crippen molar-refractivity contribution in [2.45, 2.75) is 38.1 Å². The lowest BCUT2D eigenvalue weighted by Crippen LogP contribution is -2.24.